The van der Waals surface area contributed by atoms with Crippen LogP contribution < -0.4 is 0 Å². The Labute approximate surface area is 224 Å². The Kier molecular flexibility index (Phi) is 11.2. The highest BCUT2D eigenvalue weighted by Gasteiger charge is 2.44. The van der Waals surface area contributed by atoms with E-state index in [9.17, 15) is 0 Å². The van der Waals surface area contributed by atoms with E-state index in [4.69, 9.17) is 18.3 Å². The van der Waals surface area contributed by atoms with Gasteiger partial charge < -0.3 is 18.3 Å². The molecule has 6 heteroatoms. The molecule has 206 valence electrons. The molecular formula is C30H54O4Si2. The molecule has 0 amide bonds. The molecule has 0 radical (unpaired) electrons. The minimum atomic E-state index is -1.89. The van der Waals surface area contributed by atoms with Gasteiger partial charge in [-0.1, -0.05) is 91.0 Å². The third kappa shape index (κ3) is 9.21. The molecule has 1 aromatic carbocycles. The van der Waals surface area contributed by atoms with Crippen molar-refractivity contribution < 1.29 is 18.3 Å². The molecule has 0 spiro atoms. The lowest BCUT2D eigenvalue weighted by Crippen LogP contribution is -2.52. The topological polar surface area (TPSA) is 36.9 Å². The van der Waals surface area contributed by atoms with Crippen molar-refractivity contribution in [2.45, 2.75) is 122 Å². The second kappa shape index (κ2) is 12.9. The highest BCUT2D eigenvalue weighted by Crippen LogP contribution is 2.41. The fourth-order valence-corrected chi connectivity index (χ4v) is 6.22. The second-order valence-corrected chi connectivity index (χ2v) is 23.2. The average Bonchev–Trinajstić information content (AvgIpc) is 2.75. The largest absolute Gasteiger partial charge is 0.413 e. The molecule has 1 aliphatic heterocycles. The van der Waals surface area contributed by atoms with Gasteiger partial charge in [-0.15, -0.1) is 0 Å². The first-order valence-electron chi connectivity index (χ1n) is 13.8. The Hall–Kier alpha value is -0.766. The summed E-state index contributed by atoms with van der Waals surface area (Å²) in [6, 6.07) is 10.4. The average molecular weight is 535 g/mol. The summed E-state index contributed by atoms with van der Waals surface area (Å²) >= 11 is 0. The van der Waals surface area contributed by atoms with Crippen LogP contribution in [0.15, 0.2) is 42.5 Å². The van der Waals surface area contributed by atoms with Crippen LogP contribution >= 0.6 is 0 Å². The van der Waals surface area contributed by atoms with Crippen LogP contribution in [0, 0.1) is 5.92 Å². The maximum atomic E-state index is 6.95. The Balaban J connectivity index is 2.02. The van der Waals surface area contributed by atoms with E-state index in [2.05, 4.69) is 111 Å². The summed E-state index contributed by atoms with van der Waals surface area (Å²) in [6.07, 6.45) is 6.55. The molecule has 4 nitrogen and oxygen atoms in total. The predicted molar refractivity (Wildman–Crippen MR) is 158 cm³/mol. The van der Waals surface area contributed by atoms with Crippen LogP contribution in [-0.2, 0) is 24.9 Å². The van der Waals surface area contributed by atoms with Crippen molar-refractivity contribution in [3.8, 4) is 0 Å². The van der Waals surface area contributed by atoms with Gasteiger partial charge in [-0.05, 0) is 54.7 Å². The van der Waals surface area contributed by atoms with E-state index in [1.54, 1.807) is 0 Å². The van der Waals surface area contributed by atoms with Gasteiger partial charge in [0.2, 0.25) is 0 Å². The number of benzene rings is 1. The highest BCUT2D eigenvalue weighted by molar-refractivity contribution is 6.74. The van der Waals surface area contributed by atoms with Crippen LogP contribution in [-0.4, -0.2) is 48.2 Å². The van der Waals surface area contributed by atoms with Crippen LogP contribution in [0.2, 0.25) is 36.3 Å². The van der Waals surface area contributed by atoms with E-state index in [0.29, 0.717) is 19.8 Å². The zero-order chi connectivity index (χ0) is 27.2. The third-order valence-corrected chi connectivity index (χ3v) is 17.6. The lowest BCUT2D eigenvalue weighted by molar-refractivity contribution is -0.149. The van der Waals surface area contributed by atoms with Crippen molar-refractivity contribution in [1.82, 2.24) is 0 Å². The fraction of sp³-hybridized carbons (Fsp3) is 0.733. The number of hydrogen-bond acceptors (Lipinski definition) is 4. The van der Waals surface area contributed by atoms with Gasteiger partial charge >= 0.3 is 0 Å². The Bertz CT molecular complexity index is 808. The zero-order valence-corrected chi connectivity index (χ0v) is 27.0. The fourth-order valence-electron chi connectivity index (χ4n) is 3.85. The molecule has 1 fully saturated rings. The molecule has 0 aliphatic carbocycles. The summed E-state index contributed by atoms with van der Waals surface area (Å²) < 4.78 is 26.0. The van der Waals surface area contributed by atoms with Crippen molar-refractivity contribution in [3.05, 3.63) is 48.0 Å². The maximum absolute atomic E-state index is 6.95. The van der Waals surface area contributed by atoms with Crippen molar-refractivity contribution in [2.75, 3.05) is 13.2 Å². The second-order valence-electron chi connectivity index (χ2n) is 13.6. The standard InChI is InChI=1S/C30H54O4Si2/c1-24-27(34-36(10,11)30(5,6)7)21-26(19-15-16-20-32-35(8,9)29(2,3)4)33-28(24)23-31-22-25-17-13-12-14-18-25/h12-18,24,26-28H,19-23H2,1-11H3/b16-15+/t24-,26+,27+,28-/m1/s1. The SMILES string of the molecule is C[C@@H]1[C@@H](O[Si](C)(C)C(C)(C)C)C[C@H](C/C=C/CO[Si](C)(C)C(C)(C)C)O[C@@H]1COCc1ccccc1. The lowest BCUT2D eigenvalue weighted by atomic mass is 9.89. The van der Waals surface area contributed by atoms with Gasteiger partial charge in [0.25, 0.3) is 0 Å². The normalized spacial score (nSPS) is 24.4. The molecule has 2 rings (SSSR count). The number of hydrogen-bond donors (Lipinski definition) is 0. The van der Waals surface area contributed by atoms with Crippen LogP contribution in [0.5, 0.6) is 0 Å². The molecule has 0 N–H and O–H groups in total. The van der Waals surface area contributed by atoms with E-state index in [1.165, 1.54) is 5.56 Å². The van der Waals surface area contributed by atoms with Crippen LogP contribution in [0.25, 0.3) is 0 Å². The molecule has 1 aliphatic rings. The van der Waals surface area contributed by atoms with Gasteiger partial charge in [0.05, 0.1) is 38.1 Å². The van der Waals surface area contributed by atoms with Gasteiger partial charge in [-0.25, -0.2) is 0 Å². The monoisotopic (exact) mass is 534 g/mol. The van der Waals surface area contributed by atoms with Crippen LogP contribution in [0.3, 0.4) is 0 Å². The summed E-state index contributed by atoms with van der Waals surface area (Å²) in [7, 11) is -3.62. The number of ether oxygens (including phenoxy) is 2. The zero-order valence-electron chi connectivity index (χ0n) is 25.0. The van der Waals surface area contributed by atoms with Crippen LogP contribution in [0.1, 0.15) is 66.9 Å². The summed E-state index contributed by atoms with van der Waals surface area (Å²) in [4.78, 5) is 0. The molecule has 0 saturated carbocycles. The summed E-state index contributed by atoms with van der Waals surface area (Å²) in [5, 5.41) is 0.408. The quantitative estimate of drug-likeness (QED) is 0.211. The van der Waals surface area contributed by atoms with Gasteiger partial charge in [0.15, 0.2) is 16.6 Å². The van der Waals surface area contributed by atoms with Crippen molar-refractivity contribution >= 4 is 16.6 Å². The summed E-state index contributed by atoms with van der Waals surface area (Å²) in [6.45, 7) is 27.2. The Morgan fingerprint density at radius 2 is 1.53 bits per heavy atom. The molecule has 1 saturated heterocycles. The first-order chi connectivity index (χ1) is 16.5. The molecule has 0 bridgehead atoms. The van der Waals surface area contributed by atoms with E-state index >= 15 is 0 Å². The smallest absolute Gasteiger partial charge is 0.192 e. The van der Waals surface area contributed by atoms with Crippen molar-refractivity contribution in [3.63, 3.8) is 0 Å². The van der Waals surface area contributed by atoms with E-state index in [-0.39, 0.29) is 34.3 Å². The van der Waals surface area contributed by atoms with E-state index in [1.807, 2.05) is 6.07 Å². The summed E-state index contributed by atoms with van der Waals surface area (Å²) in [5.41, 5.74) is 1.19. The van der Waals surface area contributed by atoms with Gasteiger partial charge in [-0.2, -0.15) is 0 Å². The summed E-state index contributed by atoms with van der Waals surface area (Å²) in [5.74, 6) is 0.289. The maximum Gasteiger partial charge on any atom is 0.192 e. The Morgan fingerprint density at radius 3 is 2.11 bits per heavy atom. The molecule has 1 heterocycles. The molecule has 4 atom stereocenters. The molecule has 0 aromatic heterocycles. The van der Waals surface area contributed by atoms with Crippen LogP contribution in [0.4, 0.5) is 0 Å². The molecule has 0 unspecified atom stereocenters. The predicted octanol–water partition coefficient (Wildman–Crippen LogP) is 8.36. The van der Waals surface area contributed by atoms with Crippen molar-refractivity contribution in [1.29, 1.82) is 0 Å². The first kappa shape index (κ1) is 31.5. The van der Waals surface area contributed by atoms with Crippen molar-refractivity contribution in [2.24, 2.45) is 5.92 Å². The number of rotatable bonds is 11. The minimum Gasteiger partial charge on any atom is -0.413 e. The third-order valence-electron chi connectivity index (χ3n) is 8.59. The highest BCUT2D eigenvalue weighted by atomic mass is 28.4. The van der Waals surface area contributed by atoms with E-state index < -0.39 is 16.6 Å². The van der Waals surface area contributed by atoms with E-state index in [0.717, 1.165) is 12.8 Å². The lowest BCUT2D eigenvalue weighted by Gasteiger charge is -2.46. The van der Waals surface area contributed by atoms with Gasteiger partial charge in [-0.3, -0.25) is 0 Å². The van der Waals surface area contributed by atoms with Gasteiger partial charge in [0.1, 0.15) is 0 Å². The minimum absolute atomic E-state index is 0.0270. The molecular weight excluding hydrogens is 480 g/mol. The first-order valence-corrected chi connectivity index (χ1v) is 19.6. The molecule has 1 aromatic rings. The Morgan fingerprint density at radius 1 is 0.917 bits per heavy atom. The molecule has 36 heavy (non-hydrogen) atoms. The van der Waals surface area contributed by atoms with Gasteiger partial charge in [0, 0.05) is 5.92 Å².